The van der Waals surface area contributed by atoms with Crippen LogP contribution in [-0.2, 0) is 4.79 Å². The van der Waals surface area contributed by atoms with Crippen LogP contribution < -0.4 is 5.32 Å². The number of hydrogen-bond acceptors (Lipinski definition) is 3. The molecule has 0 unspecified atom stereocenters. The summed E-state index contributed by atoms with van der Waals surface area (Å²) >= 11 is 0.130. The first-order valence-corrected chi connectivity index (χ1v) is 6.50. The van der Waals surface area contributed by atoms with E-state index in [2.05, 4.69) is 15.5 Å². The average Bonchev–Trinajstić information content (AvgIpc) is 2.66. The molecule has 0 atom stereocenters. The average molecular weight is 266 g/mol. The first-order chi connectivity index (χ1) is 7.34. The maximum absolute atomic E-state index is 10.9. The van der Waals surface area contributed by atoms with Crippen molar-refractivity contribution in [3.05, 3.63) is 35.9 Å². The van der Waals surface area contributed by atoms with Gasteiger partial charge >= 0.3 is 93.3 Å². The Hall–Kier alpha value is -1.45. The van der Waals surface area contributed by atoms with Gasteiger partial charge in [0.15, 0.2) is 0 Å². The van der Waals surface area contributed by atoms with Crippen molar-refractivity contribution in [3.8, 4) is 0 Å². The Bertz CT molecular complexity index is 414. The van der Waals surface area contributed by atoms with Crippen LogP contribution in [0.1, 0.15) is 5.56 Å². The summed E-state index contributed by atoms with van der Waals surface area (Å²) in [7, 11) is 0. The van der Waals surface area contributed by atoms with Crippen LogP contribution in [-0.4, -0.2) is 31.8 Å². The normalized spacial score (nSPS) is 18.7. The van der Waals surface area contributed by atoms with E-state index < -0.39 is 0 Å². The minimum absolute atomic E-state index is 0.0451. The molecule has 1 saturated heterocycles. The number of amides is 1. The predicted molar refractivity (Wildman–Crippen MR) is 60.2 cm³/mol. The van der Waals surface area contributed by atoms with Gasteiger partial charge in [-0.25, -0.2) is 0 Å². The van der Waals surface area contributed by atoms with Gasteiger partial charge < -0.3 is 0 Å². The molecule has 76 valence electrons. The summed E-state index contributed by atoms with van der Waals surface area (Å²) in [5, 5.41) is 11.1. The van der Waals surface area contributed by atoms with Gasteiger partial charge in [-0.05, 0) is 0 Å². The fourth-order valence-electron chi connectivity index (χ4n) is 1.07. The summed E-state index contributed by atoms with van der Waals surface area (Å²) in [6.45, 7) is 0. The fraction of sp³-hybridized carbons (Fsp3) is 0.100. The quantitative estimate of drug-likeness (QED) is 0.476. The van der Waals surface area contributed by atoms with Crippen LogP contribution in [0.4, 0.5) is 0 Å². The van der Waals surface area contributed by atoms with E-state index in [1.54, 1.807) is 6.21 Å². The van der Waals surface area contributed by atoms with Gasteiger partial charge in [0.2, 0.25) is 0 Å². The SMILES string of the molecule is O=C1C[Se]/C(=N/N=C/c2ccccc2)N1. The molecule has 0 aliphatic carbocycles. The van der Waals surface area contributed by atoms with Crippen LogP contribution in [0.25, 0.3) is 0 Å². The van der Waals surface area contributed by atoms with Crippen molar-refractivity contribution in [2.45, 2.75) is 5.32 Å². The molecule has 0 aromatic heterocycles. The number of hydrogen-bond donors (Lipinski definition) is 1. The molecule has 1 heterocycles. The predicted octanol–water partition coefficient (Wildman–Crippen LogP) is 0.629. The molecule has 1 N–H and O–H groups in total. The molecule has 15 heavy (non-hydrogen) atoms. The van der Waals surface area contributed by atoms with Crippen molar-refractivity contribution in [2.75, 3.05) is 0 Å². The van der Waals surface area contributed by atoms with Crippen molar-refractivity contribution >= 4 is 31.8 Å². The van der Waals surface area contributed by atoms with Gasteiger partial charge in [-0.15, -0.1) is 0 Å². The molecular formula is C10H9N3OSe. The first-order valence-electron chi connectivity index (χ1n) is 4.43. The molecule has 0 saturated carbocycles. The molecule has 1 aliphatic heterocycles. The van der Waals surface area contributed by atoms with Crippen molar-refractivity contribution in [2.24, 2.45) is 10.2 Å². The zero-order valence-electron chi connectivity index (χ0n) is 7.88. The first kappa shape index (κ1) is 10.1. The third kappa shape index (κ3) is 3.01. The minimum atomic E-state index is 0.0451. The van der Waals surface area contributed by atoms with Gasteiger partial charge in [0.25, 0.3) is 0 Å². The van der Waals surface area contributed by atoms with E-state index in [0.29, 0.717) is 10.1 Å². The molecule has 5 heteroatoms. The second-order valence-electron chi connectivity index (χ2n) is 2.90. The summed E-state index contributed by atoms with van der Waals surface area (Å²) in [5.74, 6) is 0.0451. The number of carbonyl (C=O) groups excluding carboxylic acids is 1. The fourth-order valence-corrected chi connectivity index (χ4v) is 2.39. The summed E-state index contributed by atoms with van der Waals surface area (Å²) in [5.41, 5.74) is 0.999. The monoisotopic (exact) mass is 267 g/mol. The van der Waals surface area contributed by atoms with Crippen LogP contribution in [0, 0.1) is 0 Å². The van der Waals surface area contributed by atoms with Crippen LogP contribution in [0.15, 0.2) is 40.5 Å². The summed E-state index contributed by atoms with van der Waals surface area (Å²) < 4.78 is 0.708. The molecular weight excluding hydrogens is 257 g/mol. The van der Waals surface area contributed by atoms with Crippen molar-refractivity contribution in [1.82, 2.24) is 5.32 Å². The molecule has 1 aromatic carbocycles. The van der Waals surface area contributed by atoms with Gasteiger partial charge in [-0.3, -0.25) is 0 Å². The number of rotatable bonds is 2. The van der Waals surface area contributed by atoms with Crippen LogP contribution >= 0.6 is 0 Å². The van der Waals surface area contributed by atoms with Gasteiger partial charge in [0, 0.05) is 0 Å². The van der Waals surface area contributed by atoms with E-state index in [4.69, 9.17) is 0 Å². The third-order valence-electron chi connectivity index (χ3n) is 1.74. The van der Waals surface area contributed by atoms with Gasteiger partial charge in [0.05, 0.1) is 0 Å². The summed E-state index contributed by atoms with van der Waals surface area (Å²) in [4.78, 5) is 10.9. The van der Waals surface area contributed by atoms with Gasteiger partial charge in [0.1, 0.15) is 0 Å². The molecule has 1 aliphatic rings. The number of nitrogens with zero attached hydrogens (tertiary/aromatic N) is 2. The Balaban J connectivity index is 1.98. The number of amidine groups is 1. The van der Waals surface area contributed by atoms with Crippen molar-refractivity contribution in [3.63, 3.8) is 0 Å². The summed E-state index contributed by atoms with van der Waals surface area (Å²) in [6.07, 6.45) is 1.67. The molecule has 0 bridgehead atoms. The zero-order chi connectivity index (χ0) is 10.5. The van der Waals surface area contributed by atoms with E-state index in [1.807, 2.05) is 30.3 Å². The van der Waals surface area contributed by atoms with Crippen LogP contribution in [0.2, 0.25) is 5.32 Å². The number of nitrogens with one attached hydrogen (secondary N) is 1. The van der Waals surface area contributed by atoms with Crippen molar-refractivity contribution in [1.29, 1.82) is 0 Å². The molecule has 0 radical (unpaired) electrons. The van der Waals surface area contributed by atoms with E-state index in [0.717, 1.165) is 5.56 Å². The van der Waals surface area contributed by atoms with Gasteiger partial charge in [-0.2, -0.15) is 0 Å². The van der Waals surface area contributed by atoms with E-state index in [-0.39, 0.29) is 20.9 Å². The van der Waals surface area contributed by atoms with Gasteiger partial charge in [-0.1, -0.05) is 0 Å². The van der Waals surface area contributed by atoms with E-state index in [9.17, 15) is 4.79 Å². The Kier molecular flexibility index (Phi) is 3.27. The standard InChI is InChI=1S/C10H9N3OSe/c14-9-7-15-10(12-9)13-11-6-8-4-2-1-3-5-8/h1-6H,7H2,(H,12,13,14)/b11-6+. The molecule has 0 spiro atoms. The van der Waals surface area contributed by atoms with E-state index >= 15 is 0 Å². The molecule has 2 rings (SSSR count). The van der Waals surface area contributed by atoms with E-state index in [1.165, 1.54) is 0 Å². The zero-order valence-corrected chi connectivity index (χ0v) is 9.60. The molecule has 4 nitrogen and oxygen atoms in total. The number of benzene rings is 1. The Labute approximate surface area is 93.6 Å². The van der Waals surface area contributed by atoms with Crippen molar-refractivity contribution < 1.29 is 4.79 Å². The second kappa shape index (κ2) is 4.87. The number of carbonyl (C=O) groups is 1. The Morgan fingerprint density at radius 1 is 1.33 bits per heavy atom. The van der Waals surface area contributed by atoms with Crippen LogP contribution in [0.3, 0.4) is 0 Å². The summed E-state index contributed by atoms with van der Waals surface area (Å²) in [6, 6.07) is 9.72. The molecule has 1 aromatic rings. The maximum atomic E-state index is 10.9. The Morgan fingerprint density at radius 2 is 2.13 bits per heavy atom. The Morgan fingerprint density at radius 3 is 2.80 bits per heavy atom. The molecule has 1 amide bonds. The topological polar surface area (TPSA) is 53.8 Å². The third-order valence-corrected chi connectivity index (χ3v) is 3.55. The molecule has 1 fully saturated rings. The second-order valence-corrected chi connectivity index (χ2v) is 4.92. The van der Waals surface area contributed by atoms with Crippen LogP contribution in [0.5, 0.6) is 0 Å².